The van der Waals surface area contributed by atoms with Gasteiger partial charge in [-0.2, -0.15) is 0 Å². The molecular weight excluding hydrogens is 268 g/mol. The predicted octanol–water partition coefficient (Wildman–Crippen LogP) is 2.88. The highest BCUT2D eigenvalue weighted by atomic mass is 32.1. The van der Waals surface area contributed by atoms with Crippen LogP contribution >= 0.6 is 11.3 Å². The van der Waals surface area contributed by atoms with Crippen molar-refractivity contribution >= 4 is 11.3 Å². The zero-order valence-electron chi connectivity index (χ0n) is 12.0. The van der Waals surface area contributed by atoms with Crippen LogP contribution in [0.4, 0.5) is 0 Å². The Hall–Kier alpha value is -1.23. The van der Waals surface area contributed by atoms with Gasteiger partial charge in [0.2, 0.25) is 0 Å². The monoisotopic (exact) mass is 288 g/mol. The van der Waals surface area contributed by atoms with Crippen LogP contribution < -0.4 is 5.32 Å². The van der Waals surface area contributed by atoms with Crippen LogP contribution in [0.25, 0.3) is 0 Å². The maximum atomic E-state index is 5.20. The summed E-state index contributed by atoms with van der Waals surface area (Å²) in [6.45, 7) is 3.61. The summed E-state index contributed by atoms with van der Waals surface area (Å²) in [5.74, 6) is 0. The van der Waals surface area contributed by atoms with Crippen molar-refractivity contribution in [1.82, 2.24) is 10.3 Å². The summed E-state index contributed by atoms with van der Waals surface area (Å²) in [7, 11) is 1.74. The lowest BCUT2D eigenvalue weighted by Gasteiger charge is -2.30. The Bertz CT molecular complexity index is 596. The van der Waals surface area contributed by atoms with E-state index in [1.807, 2.05) is 0 Å². The van der Waals surface area contributed by atoms with E-state index in [-0.39, 0.29) is 5.54 Å². The zero-order chi connectivity index (χ0) is 14.0. The van der Waals surface area contributed by atoms with Crippen LogP contribution in [-0.4, -0.2) is 25.2 Å². The number of hydrogen-bond donors (Lipinski definition) is 1. The number of nitrogens with zero attached hydrogens (tertiary/aromatic N) is 1. The van der Waals surface area contributed by atoms with Gasteiger partial charge in [0, 0.05) is 24.7 Å². The Kier molecular flexibility index (Phi) is 3.87. The van der Waals surface area contributed by atoms with E-state index in [9.17, 15) is 0 Å². The van der Waals surface area contributed by atoms with Crippen LogP contribution in [0.3, 0.4) is 0 Å². The quantitative estimate of drug-likeness (QED) is 0.859. The predicted molar refractivity (Wildman–Crippen MR) is 82.3 cm³/mol. The first-order valence-electron chi connectivity index (χ1n) is 7.01. The van der Waals surface area contributed by atoms with Gasteiger partial charge in [-0.1, -0.05) is 24.3 Å². The van der Waals surface area contributed by atoms with E-state index in [0.29, 0.717) is 6.61 Å². The highest BCUT2D eigenvalue weighted by Crippen LogP contribution is 2.42. The molecule has 20 heavy (non-hydrogen) atoms. The third-order valence-electron chi connectivity index (χ3n) is 3.96. The van der Waals surface area contributed by atoms with E-state index in [0.717, 1.165) is 25.1 Å². The normalized spacial score (nSPS) is 21.1. The molecule has 0 aliphatic heterocycles. The van der Waals surface area contributed by atoms with E-state index in [1.54, 1.807) is 18.4 Å². The van der Waals surface area contributed by atoms with Gasteiger partial charge in [-0.3, -0.25) is 5.32 Å². The summed E-state index contributed by atoms with van der Waals surface area (Å²) in [6.07, 6.45) is 2.18. The van der Waals surface area contributed by atoms with Gasteiger partial charge < -0.3 is 4.74 Å². The Morgan fingerprint density at radius 1 is 1.40 bits per heavy atom. The van der Waals surface area contributed by atoms with E-state index >= 15 is 0 Å². The number of methoxy groups -OCH3 is 1. The molecule has 1 unspecified atom stereocenters. The summed E-state index contributed by atoms with van der Waals surface area (Å²) in [6, 6.07) is 8.71. The summed E-state index contributed by atoms with van der Waals surface area (Å²) in [4.78, 5) is 4.76. The summed E-state index contributed by atoms with van der Waals surface area (Å²) >= 11 is 1.75. The maximum absolute atomic E-state index is 5.20. The second-order valence-corrected chi connectivity index (χ2v) is 6.13. The van der Waals surface area contributed by atoms with E-state index in [4.69, 9.17) is 9.72 Å². The SMILES string of the molecule is COCCNC1(c2nc(C)cs2)CCc2ccccc21. The number of fused-ring (bicyclic) bond motifs is 1. The first-order chi connectivity index (χ1) is 9.76. The number of rotatable bonds is 5. The molecule has 106 valence electrons. The fraction of sp³-hybridized carbons (Fsp3) is 0.438. The molecule has 0 spiro atoms. The van der Waals surface area contributed by atoms with Gasteiger partial charge >= 0.3 is 0 Å². The summed E-state index contributed by atoms with van der Waals surface area (Å²) in [5.41, 5.74) is 3.78. The smallest absolute Gasteiger partial charge is 0.118 e. The highest BCUT2D eigenvalue weighted by molar-refractivity contribution is 7.09. The molecule has 1 aliphatic rings. The summed E-state index contributed by atoms with van der Waals surface area (Å²) in [5, 5.41) is 7.02. The lowest BCUT2D eigenvalue weighted by atomic mass is 9.92. The Labute approximate surface area is 124 Å². The molecule has 1 aliphatic carbocycles. The fourth-order valence-electron chi connectivity index (χ4n) is 3.01. The van der Waals surface area contributed by atoms with E-state index in [2.05, 4.69) is 41.9 Å². The molecule has 0 saturated carbocycles. The number of hydrogen-bond acceptors (Lipinski definition) is 4. The number of thiazole rings is 1. The fourth-order valence-corrected chi connectivity index (χ4v) is 4.03. The van der Waals surface area contributed by atoms with Crippen molar-refractivity contribution in [2.24, 2.45) is 0 Å². The molecule has 3 rings (SSSR count). The molecule has 1 aromatic heterocycles. The van der Waals surface area contributed by atoms with Crippen molar-refractivity contribution in [3.63, 3.8) is 0 Å². The van der Waals surface area contributed by atoms with Crippen LogP contribution in [0.15, 0.2) is 29.6 Å². The molecule has 0 fully saturated rings. The molecule has 4 heteroatoms. The van der Waals surface area contributed by atoms with E-state index in [1.165, 1.54) is 16.1 Å². The molecule has 0 radical (unpaired) electrons. The molecule has 1 aromatic carbocycles. The maximum Gasteiger partial charge on any atom is 0.118 e. The molecule has 1 atom stereocenters. The minimum atomic E-state index is -0.131. The van der Waals surface area contributed by atoms with Crippen LogP contribution in [0.1, 0.15) is 28.2 Å². The molecule has 3 nitrogen and oxygen atoms in total. The van der Waals surface area contributed by atoms with Crippen molar-refractivity contribution in [2.45, 2.75) is 25.3 Å². The van der Waals surface area contributed by atoms with Gasteiger partial charge in [0.25, 0.3) is 0 Å². The summed E-state index contributed by atoms with van der Waals surface area (Å²) < 4.78 is 5.20. The van der Waals surface area contributed by atoms with Crippen molar-refractivity contribution < 1.29 is 4.74 Å². The third-order valence-corrected chi connectivity index (χ3v) is 5.09. The Morgan fingerprint density at radius 2 is 2.25 bits per heavy atom. The number of benzene rings is 1. The average Bonchev–Trinajstić information content (AvgIpc) is 3.05. The molecule has 2 aromatic rings. The molecule has 0 bridgehead atoms. The van der Waals surface area contributed by atoms with Gasteiger partial charge in [0.05, 0.1) is 12.1 Å². The largest absolute Gasteiger partial charge is 0.383 e. The van der Waals surface area contributed by atoms with Crippen LogP contribution in [-0.2, 0) is 16.7 Å². The number of ether oxygens (including phenoxy) is 1. The standard InChI is InChI=1S/C16H20N2OS/c1-12-11-20-15(18-12)16(17-9-10-19-2)8-7-13-5-3-4-6-14(13)16/h3-6,11,17H,7-10H2,1-2H3. The van der Waals surface area contributed by atoms with Gasteiger partial charge in [-0.05, 0) is 30.9 Å². The van der Waals surface area contributed by atoms with E-state index < -0.39 is 0 Å². The van der Waals surface area contributed by atoms with Crippen molar-refractivity contribution in [3.8, 4) is 0 Å². The lowest BCUT2D eigenvalue weighted by molar-refractivity contribution is 0.189. The van der Waals surface area contributed by atoms with Crippen LogP contribution in [0.5, 0.6) is 0 Å². The second-order valence-electron chi connectivity index (χ2n) is 5.28. The molecular formula is C16H20N2OS. The third kappa shape index (κ3) is 2.28. The molecule has 1 heterocycles. The van der Waals surface area contributed by atoms with Gasteiger partial charge in [0.1, 0.15) is 5.01 Å². The average molecular weight is 288 g/mol. The number of aryl methyl sites for hydroxylation is 2. The van der Waals surface area contributed by atoms with Crippen LogP contribution in [0, 0.1) is 6.92 Å². The lowest BCUT2D eigenvalue weighted by Crippen LogP contribution is -2.43. The topological polar surface area (TPSA) is 34.1 Å². The van der Waals surface area contributed by atoms with Gasteiger partial charge in [-0.25, -0.2) is 4.98 Å². The zero-order valence-corrected chi connectivity index (χ0v) is 12.8. The van der Waals surface area contributed by atoms with Crippen molar-refractivity contribution in [3.05, 3.63) is 51.5 Å². The molecule has 1 N–H and O–H groups in total. The van der Waals surface area contributed by atoms with Crippen LogP contribution in [0.2, 0.25) is 0 Å². The van der Waals surface area contributed by atoms with Crippen molar-refractivity contribution in [1.29, 1.82) is 0 Å². The Balaban J connectivity index is 2.01. The van der Waals surface area contributed by atoms with Crippen molar-refractivity contribution in [2.75, 3.05) is 20.3 Å². The Morgan fingerprint density at radius 3 is 3.00 bits per heavy atom. The number of aromatic nitrogens is 1. The van der Waals surface area contributed by atoms with Gasteiger partial charge in [-0.15, -0.1) is 11.3 Å². The molecule has 0 amide bonds. The first-order valence-corrected chi connectivity index (χ1v) is 7.89. The highest BCUT2D eigenvalue weighted by Gasteiger charge is 2.41. The number of nitrogens with one attached hydrogen (secondary N) is 1. The minimum absolute atomic E-state index is 0.131. The second kappa shape index (κ2) is 5.64. The minimum Gasteiger partial charge on any atom is -0.383 e. The van der Waals surface area contributed by atoms with Gasteiger partial charge in [0.15, 0.2) is 0 Å². The molecule has 0 saturated heterocycles. The first kappa shape index (κ1) is 13.7.